The maximum atomic E-state index is 11.4. The van der Waals surface area contributed by atoms with Crippen LogP contribution in [0.3, 0.4) is 0 Å². The second-order valence-electron chi connectivity index (χ2n) is 8.90. The maximum Gasteiger partial charge on any atom is 0.267 e. The van der Waals surface area contributed by atoms with Crippen LogP contribution in [0.1, 0.15) is 142 Å². The lowest BCUT2D eigenvalue weighted by Crippen LogP contribution is -2.20. The Hall–Kier alpha value is -0.130. The van der Waals surface area contributed by atoms with Gasteiger partial charge < -0.3 is 5.11 Å². The first-order valence-electron chi connectivity index (χ1n) is 12.6. The van der Waals surface area contributed by atoms with Crippen LogP contribution in [0.5, 0.6) is 0 Å². The van der Waals surface area contributed by atoms with Gasteiger partial charge in [-0.15, -0.1) is 0 Å². The first kappa shape index (κ1) is 28.9. The molecule has 0 spiro atoms. The maximum absolute atomic E-state index is 11.4. The number of unbranched alkanes of at least 4 members (excludes halogenated alkanes) is 13. The van der Waals surface area contributed by atoms with Crippen molar-refractivity contribution in [2.75, 3.05) is 0 Å². The molecule has 0 bridgehead atoms. The first-order chi connectivity index (χ1) is 13.9. The summed E-state index contributed by atoms with van der Waals surface area (Å²) in [6, 6.07) is 0. The molecule has 0 aromatic heterocycles. The topological polar surface area (TPSA) is 74.6 Å². The highest BCUT2D eigenvalue weighted by Gasteiger charge is 2.21. The van der Waals surface area contributed by atoms with Crippen molar-refractivity contribution in [2.45, 2.75) is 154 Å². The highest BCUT2D eigenvalue weighted by Crippen LogP contribution is 2.18. The molecule has 0 aliphatic heterocycles. The van der Waals surface area contributed by atoms with Gasteiger partial charge in [0.25, 0.3) is 10.1 Å². The molecule has 0 radical (unpaired) electrons. The number of hydrogen-bond donors (Lipinski definition) is 2. The molecule has 2 atom stereocenters. The van der Waals surface area contributed by atoms with E-state index in [1.165, 1.54) is 64.2 Å². The van der Waals surface area contributed by atoms with Gasteiger partial charge >= 0.3 is 0 Å². The fraction of sp³-hybridized carbons (Fsp3) is 1.00. The molecule has 0 aliphatic rings. The molecule has 0 fully saturated rings. The molecule has 2 N–H and O–H groups in total. The Kier molecular flexibility index (Phi) is 19.7. The fourth-order valence-electron chi connectivity index (χ4n) is 3.99. The van der Waals surface area contributed by atoms with Crippen LogP contribution in [0.2, 0.25) is 0 Å². The average molecular weight is 435 g/mol. The summed E-state index contributed by atoms with van der Waals surface area (Å²) in [6.07, 6.45) is 21.6. The molecule has 2 unspecified atom stereocenters. The van der Waals surface area contributed by atoms with Crippen LogP contribution in [-0.4, -0.2) is 29.4 Å². The minimum atomic E-state index is -3.88. The van der Waals surface area contributed by atoms with Crippen molar-refractivity contribution in [2.24, 2.45) is 0 Å². The standard InChI is InChI=1S/C24H50O4S/c1-3-5-7-8-13-16-19-23(25)20-17-14-11-9-10-12-15-18-22-24(21-6-4-2)29(26,27)28/h23-25H,3-22H2,1-2H3,(H,26,27,28). The summed E-state index contributed by atoms with van der Waals surface area (Å²) < 4.78 is 32.1. The molecule has 0 saturated carbocycles. The molecule has 4 nitrogen and oxygen atoms in total. The SMILES string of the molecule is CCCCCCCCC(O)CCCCCCCCCCC(CCCC)S(=O)(=O)O. The second-order valence-corrected chi connectivity index (χ2v) is 10.6. The summed E-state index contributed by atoms with van der Waals surface area (Å²) in [5, 5.41) is 9.48. The molecule has 0 heterocycles. The molecule has 29 heavy (non-hydrogen) atoms. The van der Waals surface area contributed by atoms with E-state index < -0.39 is 15.4 Å². The van der Waals surface area contributed by atoms with Crippen molar-refractivity contribution in [1.82, 2.24) is 0 Å². The Morgan fingerprint density at radius 3 is 1.31 bits per heavy atom. The Bertz CT molecular complexity index is 436. The molecule has 0 aliphatic carbocycles. The molecular formula is C24H50O4S. The van der Waals surface area contributed by atoms with E-state index in [0.29, 0.717) is 12.8 Å². The predicted molar refractivity (Wildman–Crippen MR) is 125 cm³/mol. The summed E-state index contributed by atoms with van der Waals surface area (Å²) in [5.41, 5.74) is 0. The van der Waals surface area contributed by atoms with Crippen molar-refractivity contribution >= 4 is 10.1 Å². The highest BCUT2D eigenvalue weighted by atomic mass is 32.2. The zero-order valence-electron chi connectivity index (χ0n) is 19.4. The first-order valence-corrected chi connectivity index (χ1v) is 14.1. The monoisotopic (exact) mass is 434 g/mol. The summed E-state index contributed by atoms with van der Waals surface area (Å²) in [5.74, 6) is 0. The lowest BCUT2D eigenvalue weighted by Gasteiger charge is -2.13. The van der Waals surface area contributed by atoms with Crippen molar-refractivity contribution in [3.05, 3.63) is 0 Å². The van der Waals surface area contributed by atoms with E-state index in [2.05, 4.69) is 6.92 Å². The Labute approximate surface area is 182 Å². The normalized spacial score (nSPS) is 14.2. The van der Waals surface area contributed by atoms with Gasteiger partial charge in [-0.25, -0.2) is 0 Å². The molecule has 0 amide bonds. The molecule has 0 saturated heterocycles. The number of aliphatic hydroxyl groups is 1. The Morgan fingerprint density at radius 1 is 0.552 bits per heavy atom. The van der Waals surface area contributed by atoms with E-state index >= 15 is 0 Å². The van der Waals surface area contributed by atoms with Gasteiger partial charge in [0.1, 0.15) is 0 Å². The number of aliphatic hydroxyl groups excluding tert-OH is 1. The average Bonchev–Trinajstić information content (AvgIpc) is 2.67. The van der Waals surface area contributed by atoms with Gasteiger partial charge in [0, 0.05) is 0 Å². The van der Waals surface area contributed by atoms with Crippen molar-refractivity contribution in [3.63, 3.8) is 0 Å². The van der Waals surface area contributed by atoms with Crippen molar-refractivity contribution in [1.29, 1.82) is 0 Å². The van der Waals surface area contributed by atoms with E-state index in [4.69, 9.17) is 0 Å². The lowest BCUT2D eigenvalue weighted by atomic mass is 10.0. The van der Waals surface area contributed by atoms with Gasteiger partial charge in [-0.3, -0.25) is 4.55 Å². The van der Waals surface area contributed by atoms with Gasteiger partial charge in [-0.2, -0.15) is 8.42 Å². The quantitative estimate of drug-likeness (QED) is 0.137. The second kappa shape index (κ2) is 19.8. The van der Waals surface area contributed by atoms with Crippen LogP contribution in [-0.2, 0) is 10.1 Å². The molecule has 5 heteroatoms. The van der Waals surface area contributed by atoms with Gasteiger partial charge in [-0.05, 0) is 25.7 Å². The van der Waals surface area contributed by atoms with Crippen LogP contribution in [0.15, 0.2) is 0 Å². The Balaban J connectivity index is 3.46. The third kappa shape index (κ3) is 19.6. The summed E-state index contributed by atoms with van der Waals surface area (Å²) in [4.78, 5) is 0. The van der Waals surface area contributed by atoms with E-state index in [1.54, 1.807) is 0 Å². The van der Waals surface area contributed by atoms with E-state index in [1.807, 2.05) is 6.92 Å². The molecule has 176 valence electrons. The predicted octanol–water partition coefficient (Wildman–Crippen LogP) is 7.45. The van der Waals surface area contributed by atoms with Gasteiger partial charge in [-0.1, -0.05) is 117 Å². The number of rotatable bonds is 22. The summed E-state index contributed by atoms with van der Waals surface area (Å²) in [7, 11) is -3.88. The molecule has 0 rings (SSSR count). The third-order valence-electron chi connectivity index (χ3n) is 6.01. The van der Waals surface area contributed by atoms with Crippen LogP contribution in [0.4, 0.5) is 0 Å². The summed E-state index contributed by atoms with van der Waals surface area (Å²) >= 11 is 0. The third-order valence-corrected chi connectivity index (χ3v) is 7.32. The Morgan fingerprint density at radius 2 is 0.897 bits per heavy atom. The highest BCUT2D eigenvalue weighted by molar-refractivity contribution is 7.86. The zero-order chi connectivity index (χ0) is 21.8. The molecule has 0 aromatic carbocycles. The van der Waals surface area contributed by atoms with E-state index in [0.717, 1.165) is 51.4 Å². The van der Waals surface area contributed by atoms with Crippen LogP contribution in [0, 0.1) is 0 Å². The van der Waals surface area contributed by atoms with Gasteiger partial charge in [0.05, 0.1) is 11.4 Å². The summed E-state index contributed by atoms with van der Waals surface area (Å²) in [6.45, 7) is 4.28. The lowest BCUT2D eigenvalue weighted by molar-refractivity contribution is 0.147. The minimum Gasteiger partial charge on any atom is -0.393 e. The fourth-order valence-corrected chi connectivity index (χ4v) is 4.92. The largest absolute Gasteiger partial charge is 0.393 e. The molecule has 0 aromatic rings. The smallest absolute Gasteiger partial charge is 0.267 e. The zero-order valence-corrected chi connectivity index (χ0v) is 20.2. The van der Waals surface area contributed by atoms with E-state index in [9.17, 15) is 18.1 Å². The van der Waals surface area contributed by atoms with Crippen molar-refractivity contribution < 1.29 is 18.1 Å². The van der Waals surface area contributed by atoms with E-state index in [-0.39, 0.29) is 6.10 Å². The molecular weight excluding hydrogens is 384 g/mol. The van der Waals surface area contributed by atoms with Crippen LogP contribution < -0.4 is 0 Å². The van der Waals surface area contributed by atoms with Crippen LogP contribution >= 0.6 is 0 Å². The van der Waals surface area contributed by atoms with Crippen LogP contribution in [0.25, 0.3) is 0 Å². The van der Waals surface area contributed by atoms with Gasteiger partial charge in [0.2, 0.25) is 0 Å². The number of hydrogen-bond acceptors (Lipinski definition) is 3. The minimum absolute atomic E-state index is 0.107. The van der Waals surface area contributed by atoms with Gasteiger partial charge in [0.15, 0.2) is 0 Å². The van der Waals surface area contributed by atoms with Crippen molar-refractivity contribution in [3.8, 4) is 0 Å².